The van der Waals surface area contributed by atoms with Gasteiger partial charge in [-0.3, -0.25) is 4.98 Å². The van der Waals surface area contributed by atoms with Gasteiger partial charge in [0.1, 0.15) is 11.4 Å². The molecule has 25 heavy (non-hydrogen) atoms. The first-order valence-corrected chi connectivity index (χ1v) is 9.41. The molecule has 2 aromatic rings. The van der Waals surface area contributed by atoms with Gasteiger partial charge in [0.25, 0.3) is 0 Å². The van der Waals surface area contributed by atoms with Gasteiger partial charge in [0.15, 0.2) is 0 Å². The van der Waals surface area contributed by atoms with Crippen LogP contribution in [0.3, 0.4) is 0 Å². The summed E-state index contributed by atoms with van der Waals surface area (Å²) < 4.78 is 6.56. The van der Waals surface area contributed by atoms with Crippen LogP contribution in [-0.4, -0.2) is 35.1 Å². The summed E-state index contributed by atoms with van der Waals surface area (Å²) in [6.07, 6.45) is 7.03. The van der Waals surface area contributed by atoms with Gasteiger partial charge in [0.2, 0.25) is 0 Å². The molecule has 1 aromatic heterocycles. The van der Waals surface area contributed by atoms with Gasteiger partial charge in [-0.15, -0.1) is 0 Å². The molecule has 132 valence electrons. The second-order valence-corrected chi connectivity index (χ2v) is 7.26. The summed E-state index contributed by atoms with van der Waals surface area (Å²) in [5.41, 5.74) is 2.49. The van der Waals surface area contributed by atoms with Crippen molar-refractivity contribution in [3.05, 3.63) is 59.9 Å². The number of likely N-dealkylation sites (tertiary alicyclic amines) is 1. The quantitative estimate of drug-likeness (QED) is 0.926. The summed E-state index contributed by atoms with van der Waals surface area (Å²) in [6, 6.07) is 13.0. The van der Waals surface area contributed by atoms with E-state index in [0.717, 1.165) is 51.2 Å². The smallest absolute Gasteiger partial charge is 0.124 e. The van der Waals surface area contributed by atoms with Gasteiger partial charge in [-0.2, -0.15) is 0 Å². The number of pyridine rings is 1. The van der Waals surface area contributed by atoms with Crippen molar-refractivity contribution in [1.29, 1.82) is 0 Å². The number of nitrogens with one attached hydrogen (secondary N) is 1. The maximum Gasteiger partial charge on any atom is 0.124 e. The Kier molecular flexibility index (Phi) is 4.73. The van der Waals surface area contributed by atoms with Gasteiger partial charge in [0, 0.05) is 50.1 Å². The molecular weight excluding hydrogens is 310 g/mol. The Hall–Kier alpha value is -1.91. The lowest BCUT2D eigenvalue weighted by molar-refractivity contribution is -0.0244. The highest BCUT2D eigenvalue weighted by atomic mass is 16.5. The van der Waals surface area contributed by atoms with E-state index in [1.165, 1.54) is 11.1 Å². The van der Waals surface area contributed by atoms with E-state index in [1.54, 1.807) is 0 Å². The molecule has 1 fully saturated rings. The number of ether oxygens (including phenoxy) is 1. The molecule has 0 unspecified atom stereocenters. The lowest BCUT2D eigenvalue weighted by Crippen LogP contribution is -2.51. The molecule has 0 radical (unpaired) electrons. The highest BCUT2D eigenvalue weighted by Gasteiger charge is 2.42. The molecule has 1 atom stereocenters. The van der Waals surface area contributed by atoms with Crippen molar-refractivity contribution in [2.75, 3.05) is 19.6 Å². The second-order valence-electron chi connectivity index (χ2n) is 7.26. The number of rotatable bonds is 4. The van der Waals surface area contributed by atoms with Crippen LogP contribution in [0.15, 0.2) is 48.8 Å². The monoisotopic (exact) mass is 337 g/mol. The summed E-state index contributed by atoms with van der Waals surface area (Å²) in [7, 11) is 0. The molecule has 4 nitrogen and oxygen atoms in total. The largest absolute Gasteiger partial charge is 0.487 e. The topological polar surface area (TPSA) is 37.4 Å². The predicted octanol–water partition coefficient (Wildman–Crippen LogP) is 3.55. The molecule has 4 heteroatoms. The van der Waals surface area contributed by atoms with Crippen molar-refractivity contribution in [2.45, 2.75) is 44.4 Å². The van der Waals surface area contributed by atoms with E-state index in [-0.39, 0.29) is 5.60 Å². The maximum atomic E-state index is 6.56. The first-order chi connectivity index (χ1) is 12.3. The first kappa shape index (κ1) is 16.6. The number of benzene rings is 1. The summed E-state index contributed by atoms with van der Waals surface area (Å²) in [5.74, 6) is 1.06. The zero-order valence-electron chi connectivity index (χ0n) is 14.9. The van der Waals surface area contributed by atoms with Gasteiger partial charge in [-0.05, 0) is 37.1 Å². The minimum absolute atomic E-state index is 0.0212. The van der Waals surface area contributed by atoms with Crippen LogP contribution in [0.4, 0.5) is 0 Å². The van der Waals surface area contributed by atoms with Crippen molar-refractivity contribution in [2.24, 2.45) is 0 Å². The molecule has 0 aliphatic carbocycles. The SMILES string of the molecule is CCN1CCC2(CC1)C[C@@H](NCc1cccnc1)c1ccccc1O2. The van der Waals surface area contributed by atoms with E-state index >= 15 is 0 Å². The van der Waals surface area contributed by atoms with Gasteiger partial charge in [0.05, 0.1) is 0 Å². The summed E-state index contributed by atoms with van der Waals surface area (Å²) >= 11 is 0. The lowest BCUT2D eigenvalue weighted by Gasteiger charge is -2.47. The fourth-order valence-electron chi connectivity index (χ4n) is 4.13. The third-order valence-corrected chi connectivity index (χ3v) is 5.69. The van der Waals surface area contributed by atoms with Gasteiger partial charge < -0.3 is 15.0 Å². The summed E-state index contributed by atoms with van der Waals surface area (Å²) in [5, 5.41) is 3.76. The molecule has 4 rings (SSSR count). The number of aromatic nitrogens is 1. The molecule has 3 heterocycles. The number of para-hydroxylation sites is 1. The number of nitrogens with zero attached hydrogens (tertiary/aromatic N) is 2. The molecule has 1 N–H and O–H groups in total. The fraction of sp³-hybridized carbons (Fsp3) is 0.476. The number of hydrogen-bond donors (Lipinski definition) is 1. The van der Waals surface area contributed by atoms with Crippen LogP contribution in [0.2, 0.25) is 0 Å². The van der Waals surface area contributed by atoms with Gasteiger partial charge in [-0.25, -0.2) is 0 Å². The Labute approximate surface area is 150 Å². The fourth-order valence-corrected chi connectivity index (χ4v) is 4.13. The van der Waals surface area contributed by atoms with Gasteiger partial charge in [-0.1, -0.05) is 31.2 Å². The highest BCUT2D eigenvalue weighted by molar-refractivity contribution is 5.39. The number of piperidine rings is 1. The first-order valence-electron chi connectivity index (χ1n) is 9.41. The predicted molar refractivity (Wildman–Crippen MR) is 99.6 cm³/mol. The van der Waals surface area contributed by atoms with Crippen LogP contribution in [0.25, 0.3) is 0 Å². The van der Waals surface area contributed by atoms with E-state index in [0.29, 0.717) is 6.04 Å². The van der Waals surface area contributed by atoms with E-state index < -0.39 is 0 Å². The minimum Gasteiger partial charge on any atom is -0.487 e. The van der Waals surface area contributed by atoms with Crippen molar-refractivity contribution in [1.82, 2.24) is 15.2 Å². The highest BCUT2D eigenvalue weighted by Crippen LogP contribution is 2.44. The molecule has 2 aliphatic heterocycles. The number of fused-ring (bicyclic) bond motifs is 1. The molecule has 1 saturated heterocycles. The Bertz CT molecular complexity index is 695. The zero-order chi connectivity index (χ0) is 17.1. The molecule has 0 saturated carbocycles. The van der Waals surface area contributed by atoms with Crippen LogP contribution >= 0.6 is 0 Å². The van der Waals surface area contributed by atoms with E-state index in [4.69, 9.17) is 4.74 Å². The summed E-state index contributed by atoms with van der Waals surface area (Å²) in [6.45, 7) is 6.48. The lowest BCUT2D eigenvalue weighted by atomic mass is 9.80. The van der Waals surface area contributed by atoms with Crippen LogP contribution in [0.1, 0.15) is 43.4 Å². The molecule has 1 aromatic carbocycles. The average Bonchev–Trinajstić information content (AvgIpc) is 2.67. The molecule has 2 aliphatic rings. The maximum absolute atomic E-state index is 6.56. The second kappa shape index (κ2) is 7.14. The minimum atomic E-state index is -0.0212. The van der Waals surface area contributed by atoms with E-state index in [2.05, 4.69) is 52.5 Å². The molecule has 0 bridgehead atoms. The third-order valence-electron chi connectivity index (χ3n) is 5.69. The standard InChI is InChI=1S/C21H27N3O/c1-2-24-12-9-21(10-13-24)14-19(18-7-3-4-8-20(18)25-21)23-16-17-6-5-11-22-15-17/h3-8,11,15,19,23H,2,9-10,12-14,16H2,1H3/t19-/m1/s1. The molecule has 0 amide bonds. The van der Waals surface area contributed by atoms with Crippen LogP contribution in [0.5, 0.6) is 5.75 Å². The normalized spacial score (nSPS) is 22.4. The van der Waals surface area contributed by atoms with E-state index in [9.17, 15) is 0 Å². The Morgan fingerprint density at radius 2 is 2.04 bits per heavy atom. The summed E-state index contributed by atoms with van der Waals surface area (Å²) in [4.78, 5) is 6.74. The van der Waals surface area contributed by atoms with Crippen molar-refractivity contribution in [3.8, 4) is 5.75 Å². The van der Waals surface area contributed by atoms with Crippen molar-refractivity contribution < 1.29 is 4.74 Å². The average molecular weight is 337 g/mol. The number of hydrogen-bond acceptors (Lipinski definition) is 4. The molecule has 1 spiro atoms. The van der Waals surface area contributed by atoms with Crippen molar-refractivity contribution >= 4 is 0 Å². The van der Waals surface area contributed by atoms with Crippen LogP contribution in [-0.2, 0) is 6.54 Å². The van der Waals surface area contributed by atoms with Crippen molar-refractivity contribution in [3.63, 3.8) is 0 Å². The van der Waals surface area contributed by atoms with Gasteiger partial charge >= 0.3 is 0 Å². The van der Waals surface area contributed by atoms with E-state index in [1.807, 2.05) is 18.5 Å². The Morgan fingerprint density at radius 1 is 1.20 bits per heavy atom. The molecular formula is C21H27N3O. The third kappa shape index (κ3) is 3.55. The van der Waals surface area contributed by atoms with Crippen LogP contribution < -0.4 is 10.1 Å². The Morgan fingerprint density at radius 3 is 2.80 bits per heavy atom. The Balaban J connectivity index is 1.53. The van der Waals surface area contributed by atoms with Crippen LogP contribution in [0, 0.1) is 0 Å². The zero-order valence-corrected chi connectivity index (χ0v) is 14.9.